The molecular formula is C13H14N2OS. The number of ether oxygens (including phenoxy) is 1. The molecule has 0 aliphatic rings. The van der Waals surface area contributed by atoms with E-state index in [1.165, 1.54) is 0 Å². The van der Waals surface area contributed by atoms with Crippen LogP contribution >= 0.6 is 11.8 Å². The highest BCUT2D eigenvalue weighted by Crippen LogP contribution is 2.32. The molecule has 3 nitrogen and oxygen atoms in total. The summed E-state index contributed by atoms with van der Waals surface area (Å²) in [6, 6.07) is 9.67. The van der Waals surface area contributed by atoms with Crippen molar-refractivity contribution in [3.8, 4) is 11.6 Å². The molecule has 0 unspecified atom stereocenters. The van der Waals surface area contributed by atoms with E-state index in [0.29, 0.717) is 11.6 Å². The number of para-hydroxylation sites is 1. The van der Waals surface area contributed by atoms with Gasteiger partial charge in [-0.1, -0.05) is 12.1 Å². The molecule has 0 amide bonds. The van der Waals surface area contributed by atoms with Gasteiger partial charge in [-0.3, -0.25) is 0 Å². The highest BCUT2D eigenvalue weighted by Gasteiger charge is 2.07. The van der Waals surface area contributed by atoms with Crippen molar-refractivity contribution in [2.24, 2.45) is 0 Å². The molecule has 1 aromatic carbocycles. The van der Waals surface area contributed by atoms with E-state index in [1.807, 2.05) is 43.5 Å². The molecule has 4 heteroatoms. The minimum Gasteiger partial charge on any atom is -0.436 e. The predicted octanol–water partition coefficient (Wildman–Crippen LogP) is 3.49. The Morgan fingerprint density at radius 3 is 2.76 bits per heavy atom. The maximum atomic E-state index is 5.87. The van der Waals surface area contributed by atoms with Crippen LogP contribution in [-0.4, -0.2) is 11.2 Å². The number of thioether (sulfide) groups is 1. The van der Waals surface area contributed by atoms with Gasteiger partial charge in [0.2, 0.25) is 5.88 Å². The number of nitrogen functional groups attached to an aromatic ring is 1. The third-order valence-electron chi connectivity index (χ3n) is 2.29. The number of nitrogens with two attached hydrogens (primary N) is 1. The van der Waals surface area contributed by atoms with Gasteiger partial charge in [-0.15, -0.1) is 11.8 Å². The molecule has 0 saturated carbocycles. The fourth-order valence-electron chi connectivity index (χ4n) is 1.47. The second kappa shape index (κ2) is 5.10. The molecule has 1 heterocycles. The minimum atomic E-state index is 0.456. The molecule has 0 atom stereocenters. The zero-order valence-electron chi connectivity index (χ0n) is 9.81. The molecule has 0 saturated heterocycles. The third kappa shape index (κ3) is 2.71. The topological polar surface area (TPSA) is 48.1 Å². The molecule has 0 radical (unpaired) electrons. The monoisotopic (exact) mass is 246 g/mol. The van der Waals surface area contributed by atoms with Crippen LogP contribution in [0.25, 0.3) is 0 Å². The number of pyridine rings is 1. The quantitative estimate of drug-likeness (QED) is 0.842. The number of nitrogens with zero attached hydrogens (tertiary/aromatic N) is 1. The molecule has 0 aliphatic heterocycles. The van der Waals surface area contributed by atoms with E-state index >= 15 is 0 Å². The molecule has 0 bridgehead atoms. The Kier molecular flexibility index (Phi) is 3.54. The largest absolute Gasteiger partial charge is 0.436 e. The van der Waals surface area contributed by atoms with Gasteiger partial charge >= 0.3 is 0 Å². The number of hydrogen-bond donors (Lipinski definition) is 1. The molecular weight excluding hydrogens is 232 g/mol. The molecule has 0 fully saturated rings. The van der Waals surface area contributed by atoms with E-state index in [0.717, 1.165) is 16.2 Å². The van der Waals surface area contributed by atoms with Gasteiger partial charge < -0.3 is 10.5 Å². The van der Waals surface area contributed by atoms with Crippen molar-refractivity contribution in [2.45, 2.75) is 11.8 Å². The summed E-state index contributed by atoms with van der Waals surface area (Å²) in [4.78, 5) is 5.26. The zero-order chi connectivity index (χ0) is 12.3. The van der Waals surface area contributed by atoms with Crippen molar-refractivity contribution in [1.82, 2.24) is 4.98 Å². The Bertz CT molecular complexity index is 529. The van der Waals surface area contributed by atoms with Crippen molar-refractivity contribution in [1.29, 1.82) is 0 Å². The number of benzene rings is 1. The van der Waals surface area contributed by atoms with Gasteiger partial charge in [-0.2, -0.15) is 0 Å². The normalized spacial score (nSPS) is 10.2. The lowest BCUT2D eigenvalue weighted by molar-refractivity contribution is 0.454. The standard InChI is InChI=1S/C13H14N2OS/c1-9-7-10(14)13(15-8-9)16-11-5-3-4-6-12(11)17-2/h3-8H,14H2,1-2H3. The Hall–Kier alpha value is -1.68. The summed E-state index contributed by atoms with van der Waals surface area (Å²) >= 11 is 1.63. The SMILES string of the molecule is CSc1ccccc1Oc1ncc(C)cc1N. The molecule has 2 N–H and O–H groups in total. The van der Waals surface area contributed by atoms with Crippen LogP contribution < -0.4 is 10.5 Å². The average Bonchev–Trinajstić information content (AvgIpc) is 2.33. The highest BCUT2D eigenvalue weighted by molar-refractivity contribution is 7.98. The molecule has 17 heavy (non-hydrogen) atoms. The van der Waals surface area contributed by atoms with Crippen LogP contribution in [0.3, 0.4) is 0 Å². The molecule has 88 valence electrons. The van der Waals surface area contributed by atoms with Gasteiger partial charge in [0, 0.05) is 11.1 Å². The van der Waals surface area contributed by atoms with E-state index in [9.17, 15) is 0 Å². The van der Waals surface area contributed by atoms with E-state index in [4.69, 9.17) is 10.5 Å². The maximum Gasteiger partial charge on any atom is 0.242 e. The maximum absolute atomic E-state index is 5.87. The first-order chi connectivity index (χ1) is 8.20. The lowest BCUT2D eigenvalue weighted by Crippen LogP contribution is -1.96. The summed E-state index contributed by atoms with van der Waals surface area (Å²) in [5.41, 5.74) is 7.44. The summed E-state index contributed by atoms with van der Waals surface area (Å²) < 4.78 is 5.73. The summed E-state index contributed by atoms with van der Waals surface area (Å²) in [7, 11) is 0. The lowest BCUT2D eigenvalue weighted by atomic mass is 10.3. The Labute approximate surface area is 105 Å². The minimum absolute atomic E-state index is 0.456. The first-order valence-corrected chi connectivity index (χ1v) is 6.46. The molecule has 2 aromatic rings. The second-order valence-electron chi connectivity index (χ2n) is 3.66. The van der Waals surface area contributed by atoms with E-state index in [1.54, 1.807) is 18.0 Å². The highest BCUT2D eigenvalue weighted by atomic mass is 32.2. The third-order valence-corrected chi connectivity index (χ3v) is 3.07. The molecule has 0 spiro atoms. The Balaban J connectivity index is 2.31. The molecule has 2 rings (SSSR count). The predicted molar refractivity (Wildman–Crippen MR) is 71.7 cm³/mol. The van der Waals surface area contributed by atoms with Crippen LogP contribution in [0.4, 0.5) is 5.69 Å². The summed E-state index contributed by atoms with van der Waals surface area (Å²) in [5.74, 6) is 1.24. The molecule has 1 aromatic heterocycles. The number of hydrogen-bond acceptors (Lipinski definition) is 4. The van der Waals surface area contributed by atoms with Crippen molar-refractivity contribution >= 4 is 17.4 Å². The fourth-order valence-corrected chi connectivity index (χ4v) is 2.00. The second-order valence-corrected chi connectivity index (χ2v) is 4.51. The lowest BCUT2D eigenvalue weighted by Gasteiger charge is -2.10. The van der Waals surface area contributed by atoms with Crippen molar-refractivity contribution in [2.75, 3.05) is 12.0 Å². The van der Waals surface area contributed by atoms with Gasteiger partial charge in [0.25, 0.3) is 0 Å². The van der Waals surface area contributed by atoms with Crippen LogP contribution in [0, 0.1) is 6.92 Å². The van der Waals surface area contributed by atoms with Crippen molar-refractivity contribution < 1.29 is 4.74 Å². The smallest absolute Gasteiger partial charge is 0.242 e. The van der Waals surface area contributed by atoms with Gasteiger partial charge in [0.15, 0.2) is 0 Å². The Morgan fingerprint density at radius 1 is 1.29 bits per heavy atom. The van der Waals surface area contributed by atoms with Crippen LogP contribution in [-0.2, 0) is 0 Å². The Morgan fingerprint density at radius 2 is 2.06 bits per heavy atom. The fraction of sp³-hybridized carbons (Fsp3) is 0.154. The van der Waals surface area contributed by atoms with Gasteiger partial charge in [-0.25, -0.2) is 4.98 Å². The van der Waals surface area contributed by atoms with E-state index < -0.39 is 0 Å². The summed E-state index contributed by atoms with van der Waals surface area (Å²) in [6.07, 6.45) is 3.75. The van der Waals surface area contributed by atoms with Crippen LogP contribution in [0.2, 0.25) is 0 Å². The van der Waals surface area contributed by atoms with Gasteiger partial charge in [-0.05, 0) is 36.9 Å². The van der Waals surface area contributed by atoms with Gasteiger partial charge in [0.05, 0.1) is 5.69 Å². The first-order valence-electron chi connectivity index (χ1n) is 5.23. The number of rotatable bonds is 3. The van der Waals surface area contributed by atoms with Crippen molar-refractivity contribution in [3.63, 3.8) is 0 Å². The van der Waals surface area contributed by atoms with E-state index in [2.05, 4.69) is 4.98 Å². The number of anilines is 1. The van der Waals surface area contributed by atoms with Gasteiger partial charge in [0.1, 0.15) is 5.75 Å². The van der Waals surface area contributed by atoms with E-state index in [-0.39, 0.29) is 0 Å². The van der Waals surface area contributed by atoms with Crippen LogP contribution in [0.5, 0.6) is 11.6 Å². The number of aryl methyl sites for hydroxylation is 1. The number of aromatic nitrogens is 1. The summed E-state index contributed by atoms with van der Waals surface area (Å²) in [5, 5.41) is 0. The van der Waals surface area contributed by atoms with Crippen LogP contribution in [0.1, 0.15) is 5.56 Å². The summed E-state index contributed by atoms with van der Waals surface area (Å²) in [6.45, 7) is 1.95. The average molecular weight is 246 g/mol. The van der Waals surface area contributed by atoms with Crippen LogP contribution in [0.15, 0.2) is 41.4 Å². The zero-order valence-corrected chi connectivity index (χ0v) is 10.6. The first kappa shape index (κ1) is 11.8. The van der Waals surface area contributed by atoms with Crippen molar-refractivity contribution in [3.05, 3.63) is 42.1 Å². The molecule has 0 aliphatic carbocycles.